The van der Waals surface area contributed by atoms with Crippen LogP contribution in [0.5, 0.6) is 17.2 Å². The molecule has 1 heterocycles. The summed E-state index contributed by atoms with van der Waals surface area (Å²) < 4.78 is 48.8. The molecule has 0 saturated heterocycles. The predicted molar refractivity (Wildman–Crippen MR) is 136 cm³/mol. The molecule has 0 radical (unpaired) electrons. The Morgan fingerprint density at radius 2 is 1.44 bits per heavy atom. The van der Waals surface area contributed by atoms with Gasteiger partial charge in [0.1, 0.15) is 23.9 Å². The lowest BCUT2D eigenvalue weighted by Gasteiger charge is -2.10. The summed E-state index contributed by atoms with van der Waals surface area (Å²) in [6.45, 7) is 0.421. The molecule has 0 bridgehead atoms. The number of rotatable bonds is 7. The average Bonchev–Trinajstić information content (AvgIpc) is 3.22. The molecule has 0 fully saturated rings. The number of phenolic OH excluding ortho intramolecular Hbond substituents is 1. The van der Waals surface area contributed by atoms with Crippen molar-refractivity contribution in [3.05, 3.63) is 114 Å². The van der Waals surface area contributed by atoms with E-state index in [1.54, 1.807) is 35.6 Å². The van der Waals surface area contributed by atoms with Gasteiger partial charge in [-0.15, -0.1) is 24.5 Å². The molecule has 5 aromatic rings. The third kappa shape index (κ3) is 5.63. The molecule has 0 aliphatic rings. The van der Waals surface area contributed by atoms with E-state index in [1.807, 2.05) is 48.5 Å². The van der Waals surface area contributed by atoms with Gasteiger partial charge in [-0.3, -0.25) is 0 Å². The number of fused-ring (bicyclic) bond motifs is 1. The van der Waals surface area contributed by atoms with E-state index >= 15 is 0 Å². The van der Waals surface area contributed by atoms with E-state index in [0.717, 1.165) is 43.0 Å². The molecule has 7 heteroatoms. The first-order chi connectivity index (χ1) is 17.3. The van der Waals surface area contributed by atoms with Crippen molar-refractivity contribution in [1.29, 1.82) is 0 Å². The van der Waals surface area contributed by atoms with E-state index in [1.165, 1.54) is 12.1 Å². The maximum absolute atomic E-state index is 12.6. The smallest absolute Gasteiger partial charge is 0.508 e. The Balaban J connectivity index is 1.50. The molecule has 1 aromatic heterocycles. The highest BCUT2D eigenvalue weighted by atomic mass is 32.1. The molecule has 0 atom stereocenters. The van der Waals surface area contributed by atoms with Crippen molar-refractivity contribution in [3.8, 4) is 27.7 Å². The van der Waals surface area contributed by atoms with Crippen molar-refractivity contribution < 1.29 is 27.8 Å². The number of alkyl halides is 3. The molecular formula is C29H21F3O3S. The summed E-state index contributed by atoms with van der Waals surface area (Å²) in [6.07, 6.45) is -4.13. The van der Waals surface area contributed by atoms with E-state index in [4.69, 9.17) is 4.74 Å². The van der Waals surface area contributed by atoms with Crippen LogP contribution in [0.2, 0.25) is 0 Å². The van der Waals surface area contributed by atoms with Crippen LogP contribution >= 0.6 is 11.3 Å². The third-order valence-electron chi connectivity index (χ3n) is 5.67. The largest absolute Gasteiger partial charge is 0.573 e. The molecule has 3 nitrogen and oxygen atoms in total. The molecule has 4 aromatic carbocycles. The second kappa shape index (κ2) is 9.95. The van der Waals surface area contributed by atoms with Gasteiger partial charge in [0, 0.05) is 9.58 Å². The highest BCUT2D eigenvalue weighted by Gasteiger charge is 2.31. The van der Waals surface area contributed by atoms with E-state index in [-0.39, 0.29) is 11.5 Å². The Hall–Kier alpha value is -3.97. The van der Waals surface area contributed by atoms with Crippen molar-refractivity contribution in [3.63, 3.8) is 0 Å². The van der Waals surface area contributed by atoms with Gasteiger partial charge in [0.2, 0.25) is 0 Å². The van der Waals surface area contributed by atoms with Crippen molar-refractivity contribution in [2.75, 3.05) is 0 Å². The van der Waals surface area contributed by atoms with E-state index in [9.17, 15) is 18.3 Å². The molecule has 0 unspecified atom stereocenters. The fourth-order valence-electron chi connectivity index (χ4n) is 4.00. The highest BCUT2D eigenvalue weighted by Crippen LogP contribution is 2.41. The lowest BCUT2D eigenvalue weighted by atomic mass is 9.98. The Morgan fingerprint density at radius 1 is 0.750 bits per heavy atom. The average molecular weight is 507 g/mol. The van der Waals surface area contributed by atoms with Crippen molar-refractivity contribution >= 4 is 21.4 Å². The highest BCUT2D eigenvalue weighted by molar-refractivity contribution is 7.22. The first-order valence-electron chi connectivity index (χ1n) is 11.2. The Labute approximate surface area is 210 Å². The normalized spacial score (nSPS) is 11.5. The number of ether oxygens (including phenoxy) is 2. The first kappa shape index (κ1) is 23.8. The molecule has 182 valence electrons. The van der Waals surface area contributed by atoms with Crippen LogP contribution < -0.4 is 9.47 Å². The SMILES string of the molecule is Oc1ccc(Cc2c(-c3ccc(OC(F)(F)F)cc3)sc3cc(COc4ccccc4)ccc23)cc1. The van der Waals surface area contributed by atoms with Crippen molar-refractivity contribution in [2.45, 2.75) is 19.4 Å². The molecule has 5 rings (SSSR count). The minimum Gasteiger partial charge on any atom is -0.508 e. The zero-order valence-electron chi connectivity index (χ0n) is 19.0. The number of para-hydroxylation sites is 1. The zero-order valence-corrected chi connectivity index (χ0v) is 19.8. The van der Waals surface area contributed by atoms with Crippen molar-refractivity contribution in [2.24, 2.45) is 0 Å². The number of halogens is 3. The van der Waals surface area contributed by atoms with Gasteiger partial charge in [-0.2, -0.15) is 0 Å². The lowest BCUT2D eigenvalue weighted by molar-refractivity contribution is -0.274. The second-order valence-corrected chi connectivity index (χ2v) is 9.31. The number of aromatic hydroxyl groups is 1. The number of hydrogen-bond acceptors (Lipinski definition) is 4. The summed E-state index contributed by atoms with van der Waals surface area (Å²) in [7, 11) is 0. The van der Waals surface area contributed by atoms with Crippen LogP contribution in [-0.4, -0.2) is 11.5 Å². The van der Waals surface area contributed by atoms with Crippen LogP contribution in [0.1, 0.15) is 16.7 Å². The fraction of sp³-hybridized carbons (Fsp3) is 0.103. The standard InChI is InChI=1S/C29H21F3O3S/c30-29(31,32)35-24-13-9-21(10-14-24)28-26(16-19-6-11-22(33)12-7-19)25-15-8-20(17-27(25)36-28)18-34-23-4-2-1-3-5-23/h1-15,17,33H,16,18H2. The van der Waals surface area contributed by atoms with Gasteiger partial charge in [0.25, 0.3) is 0 Å². The summed E-state index contributed by atoms with van der Waals surface area (Å²) in [5, 5.41) is 10.7. The quantitative estimate of drug-likeness (QED) is 0.241. The summed E-state index contributed by atoms with van der Waals surface area (Å²) in [5.74, 6) is 0.726. The summed E-state index contributed by atoms with van der Waals surface area (Å²) in [5.41, 5.74) is 3.91. The Morgan fingerprint density at radius 3 is 2.14 bits per heavy atom. The molecule has 0 aliphatic heterocycles. The van der Waals surface area contributed by atoms with Crippen LogP contribution in [0.4, 0.5) is 13.2 Å². The van der Waals surface area contributed by atoms with Crippen LogP contribution in [0.15, 0.2) is 97.1 Å². The molecule has 36 heavy (non-hydrogen) atoms. The molecule has 1 N–H and O–H groups in total. The van der Waals surface area contributed by atoms with Gasteiger partial charge in [-0.1, -0.05) is 42.5 Å². The minimum atomic E-state index is -4.73. The molecule has 0 amide bonds. The van der Waals surface area contributed by atoms with Crippen LogP contribution in [0.3, 0.4) is 0 Å². The van der Waals surface area contributed by atoms with E-state index < -0.39 is 6.36 Å². The topological polar surface area (TPSA) is 38.7 Å². The van der Waals surface area contributed by atoms with Crippen LogP contribution in [0.25, 0.3) is 20.5 Å². The van der Waals surface area contributed by atoms with E-state index in [2.05, 4.69) is 16.9 Å². The zero-order chi connectivity index (χ0) is 25.1. The molecular weight excluding hydrogens is 485 g/mol. The maximum Gasteiger partial charge on any atom is 0.573 e. The number of thiophene rings is 1. The van der Waals surface area contributed by atoms with Crippen molar-refractivity contribution in [1.82, 2.24) is 0 Å². The van der Waals surface area contributed by atoms with Gasteiger partial charge in [0.05, 0.1) is 0 Å². The summed E-state index contributed by atoms with van der Waals surface area (Å²) in [4.78, 5) is 0.970. The lowest BCUT2D eigenvalue weighted by Crippen LogP contribution is -2.16. The Bertz CT molecular complexity index is 1460. The number of hydrogen-bond donors (Lipinski definition) is 1. The number of phenols is 1. The van der Waals surface area contributed by atoms with Crippen LogP contribution in [0, 0.1) is 0 Å². The summed E-state index contributed by atoms with van der Waals surface area (Å²) >= 11 is 1.59. The molecule has 0 spiro atoms. The second-order valence-electron chi connectivity index (χ2n) is 8.26. The van der Waals surface area contributed by atoms with Gasteiger partial charge in [-0.25, -0.2) is 0 Å². The van der Waals surface area contributed by atoms with Gasteiger partial charge in [-0.05, 0) is 88.7 Å². The van der Waals surface area contributed by atoms with Gasteiger partial charge < -0.3 is 14.6 Å². The maximum atomic E-state index is 12.6. The number of benzene rings is 4. The molecule has 0 aliphatic carbocycles. The monoisotopic (exact) mass is 506 g/mol. The third-order valence-corrected chi connectivity index (χ3v) is 6.92. The first-order valence-corrected chi connectivity index (χ1v) is 12.0. The van der Waals surface area contributed by atoms with Gasteiger partial charge in [0.15, 0.2) is 0 Å². The van der Waals surface area contributed by atoms with Crippen LogP contribution in [-0.2, 0) is 13.0 Å². The van der Waals surface area contributed by atoms with Gasteiger partial charge >= 0.3 is 6.36 Å². The molecule has 0 saturated carbocycles. The minimum absolute atomic E-state index is 0.192. The summed E-state index contributed by atoms with van der Waals surface area (Å²) in [6, 6.07) is 28.7. The van der Waals surface area contributed by atoms with E-state index in [0.29, 0.717) is 13.0 Å². The Kier molecular flexibility index (Phi) is 6.57. The predicted octanol–water partition coefficient (Wildman–Crippen LogP) is 8.34. The fourth-order valence-corrected chi connectivity index (χ4v) is 5.29.